The van der Waals surface area contributed by atoms with Crippen LogP contribution in [0.3, 0.4) is 0 Å². The Balaban J connectivity index is 1.92. The van der Waals surface area contributed by atoms with Crippen LogP contribution in [0.5, 0.6) is 5.75 Å². The lowest BCUT2D eigenvalue weighted by Gasteiger charge is -2.16. The number of likely N-dealkylation sites (N-methyl/N-ethyl adjacent to an activating group) is 1. The van der Waals surface area contributed by atoms with Crippen LogP contribution in [0.4, 0.5) is 0 Å². The van der Waals surface area contributed by atoms with E-state index in [0.717, 1.165) is 12.3 Å². The highest BCUT2D eigenvalue weighted by atomic mass is 16.5. The summed E-state index contributed by atoms with van der Waals surface area (Å²) >= 11 is 0. The van der Waals surface area contributed by atoms with Gasteiger partial charge in [-0.2, -0.15) is 4.98 Å². The second-order valence-electron chi connectivity index (χ2n) is 4.79. The SMILES string of the molecule is CCNC(C)C(C)c1nc(COc2ccccc2)no1. The Morgan fingerprint density at radius 1 is 1.25 bits per heavy atom. The summed E-state index contributed by atoms with van der Waals surface area (Å²) in [4.78, 5) is 4.39. The van der Waals surface area contributed by atoms with Gasteiger partial charge in [0.05, 0.1) is 5.92 Å². The van der Waals surface area contributed by atoms with Crippen LogP contribution < -0.4 is 10.1 Å². The molecule has 2 aromatic rings. The number of hydrogen-bond acceptors (Lipinski definition) is 5. The molecule has 2 rings (SSSR count). The van der Waals surface area contributed by atoms with Gasteiger partial charge < -0.3 is 14.6 Å². The summed E-state index contributed by atoms with van der Waals surface area (Å²) in [5.41, 5.74) is 0. The van der Waals surface area contributed by atoms with Crippen LogP contribution in [0.15, 0.2) is 34.9 Å². The zero-order valence-corrected chi connectivity index (χ0v) is 12.2. The Morgan fingerprint density at radius 2 is 2.00 bits per heavy atom. The Labute approximate surface area is 119 Å². The van der Waals surface area contributed by atoms with Crippen LogP contribution in [0.1, 0.15) is 38.4 Å². The molecule has 20 heavy (non-hydrogen) atoms. The van der Waals surface area contributed by atoms with E-state index in [-0.39, 0.29) is 5.92 Å². The summed E-state index contributed by atoms with van der Waals surface area (Å²) in [6.07, 6.45) is 0. The highest BCUT2D eigenvalue weighted by molar-refractivity contribution is 5.20. The molecule has 1 heterocycles. The average molecular weight is 275 g/mol. The van der Waals surface area contributed by atoms with Crippen LogP contribution in [-0.4, -0.2) is 22.7 Å². The van der Waals surface area contributed by atoms with E-state index in [2.05, 4.69) is 36.2 Å². The molecule has 2 unspecified atom stereocenters. The van der Waals surface area contributed by atoms with Crippen molar-refractivity contribution >= 4 is 0 Å². The molecule has 5 nitrogen and oxygen atoms in total. The molecule has 5 heteroatoms. The fourth-order valence-electron chi connectivity index (χ4n) is 1.89. The molecule has 0 spiro atoms. The highest BCUT2D eigenvalue weighted by Gasteiger charge is 2.20. The topological polar surface area (TPSA) is 60.2 Å². The minimum Gasteiger partial charge on any atom is -0.485 e. The molecule has 108 valence electrons. The summed E-state index contributed by atoms with van der Waals surface area (Å²) in [6, 6.07) is 9.90. The predicted molar refractivity (Wildman–Crippen MR) is 76.6 cm³/mol. The molecule has 1 aromatic carbocycles. The third kappa shape index (κ3) is 3.81. The first-order valence-corrected chi connectivity index (χ1v) is 6.94. The molecular formula is C15H21N3O2. The van der Waals surface area contributed by atoms with Gasteiger partial charge >= 0.3 is 0 Å². The number of ether oxygens (including phenoxy) is 1. The minimum absolute atomic E-state index is 0.174. The lowest BCUT2D eigenvalue weighted by atomic mass is 10.0. The van der Waals surface area contributed by atoms with Gasteiger partial charge in [0.2, 0.25) is 11.7 Å². The molecule has 1 N–H and O–H groups in total. The number of benzene rings is 1. The summed E-state index contributed by atoms with van der Waals surface area (Å²) in [7, 11) is 0. The van der Waals surface area contributed by atoms with Gasteiger partial charge in [0.25, 0.3) is 0 Å². The molecule has 0 aliphatic rings. The van der Waals surface area contributed by atoms with Gasteiger partial charge in [-0.3, -0.25) is 0 Å². The molecule has 0 amide bonds. The van der Waals surface area contributed by atoms with Crippen molar-refractivity contribution in [1.29, 1.82) is 0 Å². The summed E-state index contributed by atoms with van der Waals surface area (Å²) in [6.45, 7) is 7.50. The zero-order chi connectivity index (χ0) is 14.4. The molecule has 0 radical (unpaired) electrons. The maximum absolute atomic E-state index is 5.59. The molecule has 2 atom stereocenters. The van der Waals surface area contributed by atoms with Crippen LogP contribution >= 0.6 is 0 Å². The van der Waals surface area contributed by atoms with Gasteiger partial charge in [-0.1, -0.05) is 37.2 Å². The molecule has 0 saturated carbocycles. The second kappa shape index (κ2) is 7.05. The lowest BCUT2D eigenvalue weighted by molar-refractivity contribution is 0.282. The molecule has 0 fully saturated rings. The fraction of sp³-hybridized carbons (Fsp3) is 0.467. The molecular weight excluding hydrogens is 254 g/mol. The van der Waals surface area contributed by atoms with E-state index in [4.69, 9.17) is 9.26 Å². The van der Waals surface area contributed by atoms with E-state index < -0.39 is 0 Å². The van der Waals surface area contributed by atoms with Crippen molar-refractivity contribution < 1.29 is 9.26 Å². The first kappa shape index (κ1) is 14.5. The Kier molecular flexibility index (Phi) is 5.12. The van der Waals surface area contributed by atoms with Gasteiger partial charge in [0.15, 0.2) is 6.61 Å². The van der Waals surface area contributed by atoms with Crippen LogP contribution in [0.25, 0.3) is 0 Å². The summed E-state index contributed by atoms with van der Waals surface area (Å²) in [5.74, 6) is 2.19. The number of para-hydroxylation sites is 1. The second-order valence-corrected chi connectivity index (χ2v) is 4.79. The van der Waals surface area contributed by atoms with E-state index >= 15 is 0 Å². The van der Waals surface area contributed by atoms with Crippen LogP contribution in [0, 0.1) is 0 Å². The normalized spacial score (nSPS) is 13.9. The predicted octanol–water partition coefficient (Wildman–Crippen LogP) is 2.75. The molecule has 1 aromatic heterocycles. The van der Waals surface area contributed by atoms with Crippen molar-refractivity contribution in [3.8, 4) is 5.75 Å². The average Bonchev–Trinajstić information content (AvgIpc) is 2.94. The lowest BCUT2D eigenvalue weighted by Crippen LogP contribution is -2.30. The van der Waals surface area contributed by atoms with Crippen LogP contribution in [-0.2, 0) is 6.61 Å². The van der Waals surface area contributed by atoms with Crippen molar-refractivity contribution in [1.82, 2.24) is 15.5 Å². The van der Waals surface area contributed by atoms with E-state index in [1.807, 2.05) is 30.3 Å². The number of nitrogens with one attached hydrogen (secondary N) is 1. The van der Waals surface area contributed by atoms with Gasteiger partial charge in [-0.25, -0.2) is 0 Å². The standard InChI is InChI=1S/C15H21N3O2/c1-4-16-12(3)11(2)15-17-14(18-20-15)10-19-13-8-6-5-7-9-13/h5-9,11-12,16H,4,10H2,1-3H3. The fourth-order valence-corrected chi connectivity index (χ4v) is 1.89. The van der Waals surface area contributed by atoms with Gasteiger partial charge in [0.1, 0.15) is 5.75 Å². The monoisotopic (exact) mass is 275 g/mol. The third-order valence-corrected chi connectivity index (χ3v) is 3.26. The first-order valence-electron chi connectivity index (χ1n) is 6.94. The number of hydrogen-bond donors (Lipinski definition) is 1. The first-order chi connectivity index (χ1) is 9.70. The molecule has 0 aliphatic heterocycles. The maximum atomic E-state index is 5.59. The Hall–Kier alpha value is -1.88. The van der Waals surface area contributed by atoms with Gasteiger partial charge in [-0.15, -0.1) is 0 Å². The molecule has 0 saturated heterocycles. The van der Waals surface area contributed by atoms with E-state index in [0.29, 0.717) is 24.4 Å². The number of aromatic nitrogens is 2. The quantitative estimate of drug-likeness (QED) is 0.842. The van der Waals surface area contributed by atoms with Gasteiger partial charge in [-0.05, 0) is 25.6 Å². The molecule has 0 aliphatic carbocycles. The largest absolute Gasteiger partial charge is 0.485 e. The van der Waals surface area contributed by atoms with Crippen molar-refractivity contribution in [3.05, 3.63) is 42.0 Å². The van der Waals surface area contributed by atoms with E-state index in [1.165, 1.54) is 0 Å². The van der Waals surface area contributed by atoms with E-state index in [1.54, 1.807) is 0 Å². The Morgan fingerprint density at radius 3 is 2.70 bits per heavy atom. The molecule has 0 bridgehead atoms. The third-order valence-electron chi connectivity index (χ3n) is 3.26. The number of rotatable bonds is 7. The van der Waals surface area contributed by atoms with E-state index in [9.17, 15) is 0 Å². The van der Waals surface area contributed by atoms with Crippen molar-refractivity contribution in [2.75, 3.05) is 6.54 Å². The van der Waals surface area contributed by atoms with Crippen molar-refractivity contribution in [3.63, 3.8) is 0 Å². The number of nitrogens with zero attached hydrogens (tertiary/aromatic N) is 2. The smallest absolute Gasteiger partial charge is 0.231 e. The van der Waals surface area contributed by atoms with Crippen molar-refractivity contribution in [2.45, 2.75) is 39.3 Å². The Bertz CT molecular complexity index is 513. The summed E-state index contributed by atoms with van der Waals surface area (Å²) in [5, 5.41) is 7.31. The van der Waals surface area contributed by atoms with Crippen molar-refractivity contribution in [2.24, 2.45) is 0 Å². The van der Waals surface area contributed by atoms with Gasteiger partial charge in [0, 0.05) is 6.04 Å². The zero-order valence-electron chi connectivity index (χ0n) is 12.2. The maximum Gasteiger partial charge on any atom is 0.231 e. The minimum atomic E-state index is 0.174. The highest BCUT2D eigenvalue weighted by Crippen LogP contribution is 2.17. The summed E-state index contributed by atoms with van der Waals surface area (Å²) < 4.78 is 10.9. The van der Waals surface area contributed by atoms with Crippen LogP contribution in [0.2, 0.25) is 0 Å².